The lowest BCUT2D eigenvalue weighted by atomic mass is 10.2. The highest BCUT2D eigenvalue weighted by molar-refractivity contribution is 7.13. The Bertz CT molecular complexity index is 434. The summed E-state index contributed by atoms with van der Waals surface area (Å²) in [6.07, 6.45) is 1.02. The molecule has 1 heterocycles. The molecule has 0 saturated heterocycles. The third-order valence-electron chi connectivity index (χ3n) is 2.39. The van der Waals surface area contributed by atoms with Crippen LogP contribution in [-0.4, -0.2) is 30.5 Å². The first-order valence-electron chi connectivity index (χ1n) is 5.40. The summed E-state index contributed by atoms with van der Waals surface area (Å²) in [4.78, 5) is 6.83. The van der Waals surface area contributed by atoms with E-state index in [4.69, 9.17) is 0 Å². The van der Waals surface area contributed by atoms with Gasteiger partial charge in [-0.3, -0.25) is 0 Å². The summed E-state index contributed by atoms with van der Waals surface area (Å²) in [5.41, 5.74) is 2.40. The van der Waals surface area contributed by atoms with E-state index in [2.05, 4.69) is 53.6 Å². The smallest absolute Gasteiger partial charge is 0.123 e. The second kappa shape index (κ2) is 5.23. The third kappa shape index (κ3) is 2.90. The van der Waals surface area contributed by atoms with Crippen molar-refractivity contribution < 1.29 is 0 Å². The average molecular weight is 232 g/mol. The average Bonchev–Trinajstić information content (AvgIpc) is 2.76. The first kappa shape index (κ1) is 11.3. The summed E-state index contributed by atoms with van der Waals surface area (Å²) in [6, 6.07) is 10.3. The highest BCUT2D eigenvalue weighted by atomic mass is 32.1. The second-order valence-electron chi connectivity index (χ2n) is 4.06. The number of likely N-dealkylation sites (N-methyl/N-ethyl adjacent to an activating group) is 1. The Morgan fingerprint density at radius 3 is 2.62 bits per heavy atom. The molecule has 0 bridgehead atoms. The van der Waals surface area contributed by atoms with Crippen LogP contribution >= 0.6 is 11.3 Å². The summed E-state index contributed by atoms with van der Waals surface area (Å²) < 4.78 is 0. The van der Waals surface area contributed by atoms with Gasteiger partial charge in [-0.15, -0.1) is 11.3 Å². The van der Waals surface area contributed by atoms with Gasteiger partial charge in [-0.05, 0) is 14.1 Å². The van der Waals surface area contributed by atoms with E-state index < -0.39 is 0 Å². The van der Waals surface area contributed by atoms with E-state index in [9.17, 15) is 0 Å². The van der Waals surface area contributed by atoms with Crippen LogP contribution < -0.4 is 0 Å². The van der Waals surface area contributed by atoms with Crippen molar-refractivity contribution in [2.24, 2.45) is 0 Å². The summed E-state index contributed by atoms with van der Waals surface area (Å²) in [7, 11) is 4.18. The molecule has 16 heavy (non-hydrogen) atoms. The van der Waals surface area contributed by atoms with Gasteiger partial charge >= 0.3 is 0 Å². The Balaban J connectivity index is 2.08. The van der Waals surface area contributed by atoms with Gasteiger partial charge in [0, 0.05) is 23.9 Å². The van der Waals surface area contributed by atoms with E-state index >= 15 is 0 Å². The van der Waals surface area contributed by atoms with Crippen LogP contribution in [0.3, 0.4) is 0 Å². The molecule has 0 amide bonds. The molecule has 1 aromatic heterocycles. The molecule has 84 valence electrons. The fourth-order valence-corrected chi connectivity index (χ4v) is 2.33. The Morgan fingerprint density at radius 1 is 1.19 bits per heavy atom. The first-order chi connectivity index (χ1) is 7.75. The molecule has 2 aromatic rings. The molecule has 2 nitrogen and oxygen atoms in total. The maximum absolute atomic E-state index is 4.64. The van der Waals surface area contributed by atoms with Crippen molar-refractivity contribution in [1.82, 2.24) is 9.88 Å². The van der Waals surface area contributed by atoms with Crippen molar-refractivity contribution in [1.29, 1.82) is 0 Å². The van der Waals surface area contributed by atoms with Crippen LogP contribution in [0.5, 0.6) is 0 Å². The standard InChI is InChI=1S/C13H16N2S/c1-15(2)9-8-12-10-16-13(14-12)11-6-4-3-5-7-11/h3-7,10H,8-9H2,1-2H3. The molecule has 3 heteroatoms. The van der Waals surface area contributed by atoms with Crippen LogP contribution in [0, 0.1) is 0 Å². The molecule has 2 rings (SSSR count). The van der Waals surface area contributed by atoms with Gasteiger partial charge in [-0.2, -0.15) is 0 Å². The third-order valence-corrected chi connectivity index (χ3v) is 3.33. The molecule has 0 radical (unpaired) electrons. The molecule has 0 spiro atoms. The van der Waals surface area contributed by atoms with Crippen LogP contribution in [0.15, 0.2) is 35.7 Å². The molecule has 1 aromatic carbocycles. The maximum Gasteiger partial charge on any atom is 0.123 e. The van der Waals surface area contributed by atoms with Crippen molar-refractivity contribution in [3.63, 3.8) is 0 Å². The quantitative estimate of drug-likeness (QED) is 0.805. The Labute approximate surface area is 101 Å². The molecule has 0 aliphatic carbocycles. The Morgan fingerprint density at radius 2 is 1.94 bits per heavy atom. The maximum atomic E-state index is 4.64. The van der Waals surface area contributed by atoms with E-state index in [0.29, 0.717) is 0 Å². The molecule has 0 aliphatic rings. The van der Waals surface area contributed by atoms with Crippen LogP contribution in [0.25, 0.3) is 10.6 Å². The normalized spacial score (nSPS) is 10.9. The van der Waals surface area contributed by atoms with E-state index in [-0.39, 0.29) is 0 Å². The highest BCUT2D eigenvalue weighted by Crippen LogP contribution is 2.23. The Hall–Kier alpha value is -1.19. The number of nitrogens with zero attached hydrogens (tertiary/aromatic N) is 2. The lowest BCUT2D eigenvalue weighted by Gasteiger charge is -2.06. The van der Waals surface area contributed by atoms with Gasteiger partial charge in [0.1, 0.15) is 5.01 Å². The number of benzene rings is 1. The van der Waals surface area contributed by atoms with Gasteiger partial charge in [0.15, 0.2) is 0 Å². The minimum Gasteiger partial charge on any atom is -0.309 e. The minimum absolute atomic E-state index is 1.02. The number of hydrogen-bond acceptors (Lipinski definition) is 3. The van der Waals surface area contributed by atoms with Gasteiger partial charge in [-0.25, -0.2) is 4.98 Å². The zero-order valence-corrected chi connectivity index (χ0v) is 10.5. The van der Waals surface area contributed by atoms with Crippen LogP contribution in [0.4, 0.5) is 0 Å². The van der Waals surface area contributed by atoms with Gasteiger partial charge in [0.2, 0.25) is 0 Å². The lowest BCUT2D eigenvalue weighted by Crippen LogP contribution is -2.15. The number of thiazole rings is 1. The van der Waals surface area contributed by atoms with Gasteiger partial charge < -0.3 is 4.90 Å². The molecule has 0 N–H and O–H groups in total. The molecular formula is C13H16N2S. The zero-order chi connectivity index (χ0) is 11.4. The second-order valence-corrected chi connectivity index (χ2v) is 4.92. The Kier molecular flexibility index (Phi) is 3.70. The van der Waals surface area contributed by atoms with Crippen molar-refractivity contribution in [3.8, 4) is 10.6 Å². The molecule has 0 saturated carbocycles. The van der Waals surface area contributed by atoms with E-state index in [1.807, 2.05) is 6.07 Å². The predicted octanol–water partition coefficient (Wildman–Crippen LogP) is 2.91. The summed E-state index contributed by atoms with van der Waals surface area (Å²) >= 11 is 1.72. The highest BCUT2D eigenvalue weighted by Gasteiger charge is 2.04. The summed E-state index contributed by atoms with van der Waals surface area (Å²) in [6.45, 7) is 1.05. The van der Waals surface area contributed by atoms with Gasteiger partial charge in [0.25, 0.3) is 0 Å². The van der Waals surface area contributed by atoms with Crippen molar-refractivity contribution >= 4 is 11.3 Å². The topological polar surface area (TPSA) is 16.1 Å². The van der Waals surface area contributed by atoms with Crippen LogP contribution in [0.2, 0.25) is 0 Å². The molecule has 0 aliphatic heterocycles. The molecule has 0 atom stereocenters. The predicted molar refractivity (Wildman–Crippen MR) is 69.8 cm³/mol. The van der Waals surface area contributed by atoms with Crippen molar-refractivity contribution in [3.05, 3.63) is 41.4 Å². The van der Waals surface area contributed by atoms with Crippen molar-refractivity contribution in [2.45, 2.75) is 6.42 Å². The van der Waals surface area contributed by atoms with Gasteiger partial charge in [0.05, 0.1) is 5.69 Å². The number of aromatic nitrogens is 1. The summed E-state index contributed by atoms with van der Waals surface area (Å²) in [5.74, 6) is 0. The van der Waals surface area contributed by atoms with E-state index in [1.165, 1.54) is 11.3 Å². The number of rotatable bonds is 4. The van der Waals surface area contributed by atoms with Crippen LogP contribution in [-0.2, 0) is 6.42 Å². The zero-order valence-electron chi connectivity index (χ0n) is 9.68. The van der Waals surface area contributed by atoms with E-state index in [1.54, 1.807) is 11.3 Å². The summed E-state index contributed by atoms with van der Waals surface area (Å²) in [5, 5.41) is 3.28. The minimum atomic E-state index is 1.02. The first-order valence-corrected chi connectivity index (χ1v) is 6.28. The molecular weight excluding hydrogens is 216 g/mol. The lowest BCUT2D eigenvalue weighted by molar-refractivity contribution is 0.412. The fraction of sp³-hybridized carbons (Fsp3) is 0.308. The van der Waals surface area contributed by atoms with Crippen LogP contribution in [0.1, 0.15) is 5.69 Å². The molecule has 0 fully saturated rings. The number of hydrogen-bond donors (Lipinski definition) is 0. The van der Waals surface area contributed by atoms with Gasteiger partial charge in [-0.1, -0.05) is 30.3 Å². The monoisotopic (exact) mass is 232 g/mol. The molecule has 0 unspecified atom stereocenters. The fourth-order valence-electron chi connectivity index (χ4n) is 1.47. The van der Waals surface area contributed by atoms with E-state index in [0.717, 1.165) is 18.0 Å². The largest absolute Gasteiger partial charge is 0.309 e. The van der Waals surface area contributed by atoms with Crippen molar-refractivity contribution in [2.75, 3.05) is 20.6 Å². The SMILES string of the molecule is CN(C)CCc1csc(-c2ccccc2)n1.